The molecule has 5 nitrogen and oxygen atoms in total. The fraction of sp³-hybridized carbons (Fsp3) is 0.364. The van der Waals surface area contributed by atoms with Crippen molar-refractivity contribution in [3.63, 3.8) is 0 Å². The van der Waals surface area contributed by atoms with Crippen molar-refractivity contribution in [2.45, 2.75) is 12.5 Å². The summed E-state index contributed by atoms with van der Waals surface area (Å²) in [6.45, 7) is 4.63. The smallest absolute Gasteiger partial charge is 0.236 e. The van der Waals surface area contributed by atoms with Crippen molar-refractivity contribution in [2.75, 3.05) is 44.2 Å². The average Bonchev–Trinajstić information content (AvgIpc) is 3.46. The van der Waals surface area contributed by atoms with Gasteiger partial charge in [0.05, 0.1) is 12.6 Å². The molecule has 3 aromatic rings. The Kier molecular flexibility index (Phi) is 5.35. The number of nitrogens with zero attached hydrogens (tertiary/aromatic N) is 4. The van der Waals surface area contributed by atoms with E-state index in [0.29, 0.717) is 6.54 Å². The van der Waals surface area contributed by atoms with Crippen LogP contribution in [-0.2, 0) is 11.2 Å². The van der Waals surface area contributed by atoms with Gasteiger partial charge in [0.25, 0.3) is 0 Å². The van der Waals surface area contributed by atoms with Crippen LogP contribution in [0.1, 0.15) is 21.4 Å². The van der Waals surface area contributed by atoms with Crippen LogP contribution in [0.2, 0.25) is 0 Å². The number of fused-ring (bicyclic) bond motifs is 1. The van der Waals surface area contributed by atoms with Gasteiger partial charge in [-0.1, -0.05) is 12.1 Å². The number of thiophene rings is 2. The molecule has 1 amide bonds. The van der Waals surface area contributed by atoms with Crippen molar-refractivity contribution in [1.82, 2.24) is 14.8 Å². The third-order valence-corrected chi connectivity index (χ3v) is 7.74. The second-order valence-electron chi connectivity index (χ2n) is 7.49. The number of pyridine rings is 1. The minimum atomic E-state index is 0.212. The molecule has 0 N–H and O–H groups in total. The summed E-state index contributed by atoms with van der Waals surface area (Å²) in [5, 5.41) is 4.32. The number of carbonyl (C=O) groups is 1. The maximum Gasteiger partial charge on any atom is 0.236 e. The van der Waals surface area contributed by atoms with E-state index < -0.39 is 0 Å². The molecule has 2 aliphatic heterocycles. The summed E-state index contributed by atoms with van der Waals surface area (Å²) in [5.74, 6) is 1.24. The predicted octanol–water partition coefficient (Wildman–Crippen LogP) is 3.50. The van der Waals surface area contributed by atoms with Gasteiger partial charge in [-0.2, -0.15) is 0 Å². The van der Waals surface area contributed by atoms with E-state index in [1.165, 1.54) is 15.3 Å². The van der Waals surface area contributed by atoms with Crippen molar-refractivity contribution in [3.05, 3.63) is 68.7 Å². The lowest BCUT2D eigenvalue weighted by Crippen LogP contribution is -2.52. The summed E-state index contributed by atoms with van der Waals surface area (Å²) in [4.78, 5) is 27.0. The predicted molar refractivity (Wildman–Crippen MR) is 119 cm³/mol. The molecular formula is C22H24N4OS2. The maximum atomic E-state index is 13.1. The Hall–Kier alpha value is -2.22. The van der Waals surface area contributed by atoms with Gasteiger partial charge < -0.3 is 9.80 Å². The topological polar surface area (TPSA) is 39.7 Å². The summed E-state index contributed by atoms with van der Waals surface area (Å²) < 4.78 is 0. The van der Waals surface area contributed by atoms with Crippen LogP contribution < -0.4 is 4.90 Å². The number of hydrogen-bond donors (Lipinski definition) is 0. The van der Waals surface area contributed by atoms with E-state index in [4.69, 9.17) is 0 Å². The highest BCUT2D eigenvalue weighted by Crippen LogP contribution is 2.39. The highest BCUT2D eigenvalue weighted by atomic mass is 32.1. The Morgan fingerprint density at radius 2 is 1.90 bits per heavy atom. The molecule has 0 saturated carbocycles. The highest BCUT2D eigenvalue weighted by molar-refractivity contribution is 7.10. The quantitative estimate of drug-likeness (QED) is 0.643. The van der Waals surface area contributed by atoms with Gasteiger partial charge in [-0.15, -0.1) is 22.7 Å². The van der Waals surface area contributed by atoms with E-state index >= 15 is 0 Å². The minimum Gasteiger partial charge on any atom is -0.353 e. The summed E-state index contributed by atoms with van der Waals surface area (Å²) in [5.41, 5.74) is 1.39. The van der Waals surface area contributed by atoms with Crippen LogP contribution in [0.15, 0.2) is 53.4 Å². The van der Waals surface area contributed by atoms with Crippen LogP contribution in [0.4, 0.5) is 5.82 Å². The monoisotopic (exact) mass is 424 g/mol. The van der Waals surface area contributed by atoms with Gasteiger partial charge in [0.2, 0.25) is 5.91 Å². The molecular weight excluding hydrogens is 400 g/mol. The zero-order valence-electron chi connectivity index (χ0n) is 16.2. The summed E-state index contributed by atoms with van der Waals surface area (Å²) >= 11 is 3.63. The Morgan fingerprint density at radius 3 is 2.66 bits per heavy atom. The Bertz CT molecular complexity index is 948. The van der Waals surface area contributed by atoms with E-state index in [1.54, 1.807) is 11.3 Å². The molecule has 0 aliphatic carbocycles. The minimum absolute atomic E-state index is 0.212. The lowest BCUT2D eigenvalue weighted by Gasteiger charge is -2.39. The zero-order chi connectivity index (χ0) is 19.6. The Balaban J connectivity index is 1.26. The van der Waals surface area contributed by atoms with Crippen molar-refractivity contribution >= 4 is 34.4 Å². The van der Waals surface area contributed by atoms with E-state index in [-0.39, 0.29) is 11.9 Å². The number of anilines is 1. The SMILES string of the molecule is O=C(CN1CCc2sccc2[C@H]1c1cccs1)N1CCN(c2ccccn2)CC1. The maximum absolute atomic E-state index is 13.1. The molecule has 1 atom stereocenters. The van der Waals surface area contributed by atoms with Crippen LogP contribution in [0.3, 0.4) is 0 Å². The summed E-state index contributed by atoms with van der Waals surface area (Å²) in [6, 6.07) is 12.7. The molecule has 2 aliphatic rings. The van der Waals surface area contributed by atoms with Crippen LogP contribution >= 0.6 is 22.7 Å². The second kappa shape index (κ2) is 8.26. The molecule has 0 bridgehead atoms. The van der Waals surface area contributed by atoms with E-state index in [1.807, 2.05) is 40.6 Å². The molecule has 7 heteroatoms. The van der Waals surface area contributed by atoms with Crippen LogP contribution in [0.5, 0.6) is 0 Å². The lowest BCUT2D eigenvalue weighted by molar-refractivity contribution is -0.133. The molecule has 0 radical (unpaired) electrons. The van der Waals surface area contributed by atoms with E-state index in [0.717, 1.165) is 45.0 Å². The number of amides is 1. The zero-order valence-corrected chi connectivity index (χ0v) is 17.9. The fourth-order valence-corrected chi connectivity index (χ4v) is 6.10. The lowest BCUT2D eigenvalue weighted by atomic mass is 9.98. The number of carbonyl (C=O) groups excluding carboxylic acids is 1. The first kappa shape index (κ1) is 18.8. The summed E-state index contributed by atoms with van der Waals surface area (Å²) in [7, 11) is 0. The molecule has 150 valence electrons. The van der Waals surface area contributed by atoms with Crippen molar-refractivity contribution in [1.29, 1.82) is 0 Å². The van der Waals surface area contributed by atoms with Gasteiger partial charge in [-0.3, -0.25) is 9.69 Å². The van der Waals surface area contributed by atoms with Gasteiger partial charge >= 0.3 is 0 Å². The third kappa shape index (κ3) is 3.82. The number of hydrogen-bond acceptors (Lipinski definition) is 6. The standard InChI is InChI=1S/C22H24N4OS2/c27-21(25-12-10-24(11-13-25)20-5-1-2-8-23-20)16-26-9-6-18-17(7-15-29-18)22(26)19-4-3-14-28-19/h1-5,7-8,14-15,22H,6,9-13,16H2/t22-/m0/s1. The van der Waals surface area contributed by atoms with Crippen molar-refractivity contribution < 1.29 is 4.79 Å². The molecule has 0 spiro atoms. The number of aromatic nitrogens is 1. The normalized spacial score (nSPS) is 19.9. The second-order valence-corrected chi connectivity index (χ2v) is 9.47. The van der Waals surface area contributed by atoms with Gasteiger partial charge in [0.1, 0.15) is 5.82 Å². The summed E-state index contributed by atoms with van der Waals surface area (Å²) in [6.07, 6.45) is 2.86. The first-order chi connectivity index (χ1) is 14.3. The number of rotatable bonds is 4. The fourth-order valence-electron chi connectivity index (χ4n) is 4.32. The van der Waals surface area contributed by atoms with Crippen LogP contribution in [-0.4, -0.2) is 60.0 Å². The Morgan fingerprint density at radius 1 is 1.00 bits per heavy atom. The molecule has 3 aromatic heterocycles. The third-order valence-electron chi connectivity index (χ3n) is 5.82. The first-order valence-corrected chi connectivity index (χ1v) is 11.8. The van der Waals surface area contributed by atoms with Gasteiger partial charge in [-0.05, 0) is 47.0 Å². The molecule has 5 rings (SSSR count). The molecule has 29 heavy (non-hydrogen) atoms. The van der Waals surface area contributed by atoms with E-state index in [9.17, 15) is 4.79 Å². The van der Waals surface area contributed by atoms with Crippen molar-refractivity contribution in [3.8, 4) is 0 Å². The van der Waals surface area contributed by atoms with E-state index in [2.05, 4.69) is 43.7 Å². The van der Waals surface area contributed by atoms with Crippen molar-refractivity contribution in [2.24, 2.45) is 0 Å². The Labute approximate surface area is 179 Å². The van der Waals surface area contributed by atoms with Gasteiger partial charge in [0.15, 0.2) is 0 Å². The molecule has 0 unspecified atom stereocenters. The number of piperazine rings is 1. The van der Waals surface area contributed by atoms with Gasteiger partial charge in [-0.25, -0.2) is 4.98 Å². The van der Waals surface area contributed by atoms with Gasteiger partial charge in [0, 0.05) is 48.7 Å². The van der Waals surface area contributed by atoms with Crippen LogP contribution in [0.25, 0.3) is 0 Å². The average molecular weight is 425 g/mol. The molecule has 0 aromatic carbocycles. The molecule has 1 fully saturated rings. The first-order valence-electron chi connectivity index (χ1n) is 10.1. The largest absolute Gasteiger partial charge is 0.353 e. The highest BCUT2D eigenvalue weighted by Gasteiger charge is 2.33. The van der Waals surface area contributed by atoms with Crippen LogP contribution in [0, 0.1) is 0 Å². The molecule has 5 heterocycles. The molecule has 1 saturated heterocycles.